The lowest BCUT2D eigenvalue weighted by molar-refractivity contribution is 0.0803. The van der Waals surface area contributed by atoms with Gasteiger partial charge in [0, 0.05) is 24.3 Å². The van der Waals surface area contributed by atoms with E-state index in [9.17, 15) is 13.2 Å². The minimum atomic E-state index is -4.05. The number of halogens is 2. The lowest BCUT2D eigenvalue weighted by atomic mass is 10.2. The van der Waals surface area contributed by atoms with E-state index < -0.39 is 15.0 Å². The molecule has 1 rings (SSSR count). The molecule has 0 bridgehead atoms. The Labute approximate surface area is 122 Å². The summed E-state index contributed by atoms with van der Waals surface area (Å²) in [6.07, 6.45) is 0. The Kier molecular flexibility index (Phi) is 5.01. The van der Waals surface area contributed by atoms with Gasteiger partial charge in [0.15, 0.2) is 0 Å². The van der Waals surface area contributed by atoms with Crippen LogP contribution in [-0.4, -0.2) is 32.8 Å². The molecule has 0 spiro atoms. The number of likely N-dealkylation sites (N-methyl/N-ethyl adjacent to an activating group) is 1. The molecule has 104 valence electrons. The van der Waals surface area contributed by atoms with Gasteiger partial charge < -0.3 is 4.90 Å². The van der Waals surface area contributed by atoms with Crippen molar-refractivity contribution in [1.29, 1.82) is 0 Å². The van der Waals surface area contributed by atoms with Gasteiger partial charge in [-0.05, 0) is 19.1 Å². The van der Waals surface area contributed by atoms with Crippen molar-refractivity contribution in [1.82, 2.24) is 4.90 Å². The van der Waals surface area contributed by atoms with Crippen molar-refractivity contribution in [2.45, 2.75) is 11.8 Å². The van der Waals surface area contributed by atoms with Crippen molar-refractivity contribution >= 4 is 37.2 Å². The number of rotatable bonds is 4. The highest BCUT2D eigenvalue weighted by Gasteiger charge is 2.25. The van der Waals surface area contributed by atoms with Crippen molar-refractivity contribution in [3.63, 3.8) is 0 Å². The molecule has 1 aromatic rings. The maximum Gasteiger partial charge on any atom is 0.262 e. The predicted molar refractivity (Wildman–Crippen MR) is 76.3 cm³/mol. The SMILES string of the molecule is C=C(C)CN(C)C(=O)c1c(Cl)cccc1S(=O)(=O)Cl. The highest BCUT2D eigenvalue weighted by Crippen LogP contribution is 2.27. The first-order valence-electron chi connectivity index (χ1n) is 5.27. The molecule has 0 aliphatic rings. The lowest BCUT2D eigenvalue weighted by Gasteiger charge is -2.19. The molecule has 0 atom stereocenters. The van der Waals surface area contributed by atoms with Crippen LogP contribution in [0.5, 0.6) is 0 Å². The second-order valence-corrected chi connectivity index (χ2v) is 7.11. The number of benzene rings is 1. The first kappa shape index (κ1) is 16.0. The molecule has 1 aromatic carbocycles. The molecule has 4 nitrogen and oxygen atoms in total. The van der Waals surface area contributed by atoms with Crippen molar-refractivity contribution in [2.75, 3.05) is 13.6 Å². The third-order valence-corrected chi connectivity index (χ3v) is 3.98. The van der Waals surface area contributed by atoms with E-state index in [0.717, 1.165) is 5.57 Å². The fraction of sp³-hybridized carbons (Fsp3) is 0.250. The van der Waals surface area contributed by atoms with Crippen LogP contribution in [0.15, 0.2) is 35.2 Å². The van der Waals surface area contributed by atoms with Crippen LogP contribution in [-0.2, 0) is 9.05 Å². The summed E-state index contributed by atoms with van der Waals surface area (Å²) in [4.78, 5) is 13.3. The first-order valence-corrected chi connectivity index (χ1v) is 7.96. The Bertz CT molecular complexity index is 626. The largest absolute Gasteiger partial charge is 0.338 e. The zero-order valence-corrected chi connectivity index (χ0v) is 12.8. The minimum absolute atomic E-state index is 0.0419. The van der Waals surface area contributed by atoms with Gasteiger partial charge in [-0.15, -0.1) is 0 Å². The van der Waals surface area contributed by atoms with E-state index in [1.54, 1.807) is 6.92 Å². The summed E-state index contributed by atoms with van der Waals surface area (Å²) in [6, 6.07) is 4.11. The van der Waals surface area contributed by atoms with Gasteiger partial charge in [-0.1, -0.05) is 29.8 Å². The smallest absolute Gasteiger partial charge is 0.262 e. The van der Waals surface area contributed by atoms with Crippen LogP contribution in [0.1, 0.15) is 17.3 Å². The quantitative estimate of drug-likeness (QED) is 0.633. The number of hydrogen-bond acceptors (Lipinski definition) is 3. The highest BCUT2D eigenvalue weighted by atomic mass is 35.7. The molecule has 19 heavy (non-hydrogen) atoms. The van der Waals surface area contributed by atoms with Gasteiger partial charge in [0.05, 0.1) is 15.5 Å². The summed E-state index contributed by atoms with van der Waals surface area (Å²) in [6.45, 7) is 5.75. The number of carbonyl (C=O) groups is 1. The van der Waals surface area contributed by atoms with Gasteiger partial charge in [0.2, 0.25) is 0 Å². The number of nitrogens with zero attached hydrogens (tertiary/aromatic N) is 1. The van der Waals surface area contributed by atoms with Gasteiger partial charge in [-0.2, -0.15) is 0 Å². The fourth-order valence-electron chi connectivity index (χ4n) is 1.58. The van der Waals surface area contributed by atoms with Crippen molar-refractivity contribution in [3.8, 4) is 0 Å². The summed E-state index contributed by atoms with van der Waals surface area (Å²) in [5, 5.41) is 0.0419. The Morgan fingerprint density at radius 2 is 2.00 bits per heavy atom. The Hall–Kier alpha value is -1.04. The highest BCUT2D eigenvalue weighted by molar-refractivity contribution is 8.13. The summed E-state index contributed by atoms with van der Waals surface area (Å²) in [7, 11) is 2.80. The summed E-state index contributed by atoms with van der Waals surface area (Å²) in [5.41, 5.74) is 0.640. The Morgan fingerprint density at radius 3 is 2.47 bits per heavy atom. The number of hydrogen-bond donors (Lipinski definition) is 0. The van der Waals surface area contributed by atoms with E-state index in [1.165, 1.54) is 30.1 Å². The molecular weight excluding hydrogens is 309 g/mol. The van der Waals surface area contributed by atoms with Gasteiger partial charge >= 0.3 is 0 Å². The molecule has 0 N–H and O–H groups in total. The normalized spacial score (nSPS) is 11.2. The lowest BCUT2D eigenvalue weighted by Crippen LogP contribution is -2.29. The van der Waals surface area contributed by atoms with E-state index >= 15 is 0 Å². The van der Waals surface area contributed by atoms with E-state index in [2.05, 4.69) is 6.58 Å². The van der Waals surface area contributed by atoms with Crippen LogP contribution < -0.4 is 0 Å². The minimum Gasteiger partial charge on any atom is -0.338 e. The number of carbonyl (C=O) groups excluding carboxylic acids is 1. The molecule has 0 saturated heterocycles. The molecule has 1 amide bonds. The van der Waals surface area contributed by atoms with Gasteiger partial charge in [-0.25, -0.2) is 8.42 Å². The second kappa shape index (κ2) is 5.94. The van der Waals surface area contributed by atoms with Crippen molar-refractivity contribution in [3.05, 3.63) is 40.9 Å². The monoisotopic (exact) mass is 321 g/mol. The van der Waals surface area contributed by atoms with E-state index in [-0.39, 0.29) is 15.5 Å². The summed E-state index contributed by atoms with van der Waals surface area (Å²) in [5.74, 6) is -0.521. The molecule has 0 fully saturated rings. The zero-order valence-electron chi connectivity index (χ0n) is 10.5. The topological polar surface area (TPSA) is 54.5 Å². The maximum atomic E-state index is 12.2. The maximum absolute atomic E-state index is 12.2. The standard InChI is InChI=1S/C12H13Cl2NO3S/c1-8(2)7-15(3)12(16)11-9(13)5-4-6-10(11)19(14,17)18/h4-6H,1,7H2,2-3H3. The zero-order chi connectivity index (χ0) is 14.8. The number of amides is 1. The average molecular weight is 322 g/mol. The molecule has 0 heterocycles. The van der Waals surface area contributed by atoms with Gasteiger partial charge in [-0.3, -0.25) is 4.79 Å². The third-order valence-electron chi connectivity index (χ3n) is 2.31. The van der Waals surface area contributed by atoms with Crippen LogP contribution in [0.2, 0.25) is 5.02 Å². The van der Waals surface area contributed by atoms with Crippen LogP contribution in [0.3, 0.4) is 0 Å². The van der Waals surface area contributed by atoms with Crippen molar-refractivity contribution < 1.29 is 13.2 Å². The molecular formula is C12H13Cl2NO3S. The Morgan fingerprint density at radius 1 is 1.42 bits per heavy atom. The molecule has 0 saturated carbocycles. The van der Waals surface area contributed by atoms with Gasteiger partial charge in [0.1, 0.15) is 0 Å². The second-order valence-electron chi connectivity index (χ2n) is 4.17. The van der Waals surface area contributed by atoms with E-state index in [1.807, 2.05) is 0 Å². The van der Waals surface area contributed by atoms with Crippen LogP contribution >= 0.6 is 22.3 Å². The first-order chi connectivity index (χ1) is 8.64. The third kappa shape index (κ3) is 3.96. The average Bonchev–Trinajstić information content (AvgIpc) is 2.25. The molecule has 0 aliphatic heterocycles. The van der Waals surface area contributed by atoms with Crippen LogP contribution in [0.4, 0.5) is 0 Å². The van der Waals surface area contributed by atoms with Gasteiger partial charge in [0.25, 0.3) is 15.0 Å². The van der Waals surface area contributed by atoms with E-state index in [0.29, 0.717) is 6.54 Å². The Balaban J connectivity index is 3.34. The molecule has 7 heteroatoms. The summed E-state index contributed by atoms with van der Waals surface area (Å²) < 4.78 is 22.9. The predicted octanol–water partition coefficient (Wildman–Crippen LogP) is 2.92. The van der Waals surface area contributed by atoms with Crippen LogP contribution in [0.25, 0.3) is 0 Å². The summed E-state index contributed by atoms with van der Waals surface area (Å²) >= 11 is 5.92. The van der Waals surface area contributed by atoms with Crippen LogP contribution in [0, 0.1) is 0 Å². The fourth-order valence-corrected chi connectivity index (χ4v) is 2.96. The molecule has 0 aromatic heterocycles. The molecule has 0 unspecified atom stereocenters. The molecule has 0 radical (unpaired) electrons. The molecule has 0 aliphatic carbocycles. The van der Waals surface area contributed by atoms with E-state index in [4.69, 9.17) is 22.3 Å². The van der Waals surface area contributed by atoms with Crippen molar-refractivity contribution in [2.24, 2.45) is 0 Å².